The summed E-state index contributed by atoms with van der Waals surface area (Å²) >= 11 is 0. The minimum Gasteiger partial charge on any atom is -0.492 e. The lowest BCUT2D eigenvalue weighted by molar-refractivity contribution is 0.144. The molecule has 0 aliphatic carbocycles. The molecule has 10 aromatic rings. The van der Waals surface area contributed by atoms with Gasteiger partial charge in [-0.25, -0.2) is 25.0 Å². The fourth-order valence-electron chi connectivity index (χ4n) is 12.8. The number of aliphatic imine (C=N–C) groups is 3. The Labute approximate surface area is 508 Å². The van der Waals surface area contributed by atoms with Crippen LogP contribution < -0.4 is 35.2 Å². The maximum absolute atomic E-state index is 8.07. The maximum Gasteiger partial charge on any atom is 0.603 e. The molecule has 14 nitrogen and oxygen atoms in total. The third-order valence-corrected chi connectivity index (χ3v) is 20.5. The third-order valence-electron chi connectivity index (χ3n) is 17.3. The van der Waals surface area contributed by atoms with Gasteiger partial charge in [0, 0.05) is 56.7 Å². The number of hydrogen-bond donors (Lipinski definition) is 1. The van der Waals surface area contributed by atoms with E-state index in [1.54, 1.807) is 0 Å². The highest BCUT2D eigenvalue weighted by Gasteiger charge is 2.54. The number of rotatable bonds is 24. The number of fused-ring (bicyclic) bond motifs is 18. The molecule has 0 saturated heterocycles. The molecule has 4 aliphatic rings. The summed E-state index contributed by atoms with van der Waals surface area (Å²) in [6.45, 7) is 15.9. The standard InChI is InChI=1S/C72H76N8O6Si/c1-7-13-35-81-61-49-31-23-19-27-45(49)41-53-57(61)67-73-65(53)75-71-60-56(44-48-30-22-26-34-52(48)64(60)84-38-16-10-4)70-78-68-58-54(42-46-28-20-24-32-50(46)62(58)82-36-14-8-2)66(74-68)76-72-59-55(43-47-29-21-25-33-51(47)63(59)83-37-15-9-3)69(77-67)79(72)87(80(70)71,85-39-17-11-5)86-40-18-12-6/h19-34,41-44,65,75H,7-18,35-40H2,1-6H3/t65-/m0/s1. The number of aromatic nitrogens is 2. The average molecular weight is 1180 g/mol. The van der Waals surface area contributed by atoms with Crippen molar-refractivity contribution in [1.82, 2.24) is 8.47 Å². The zero-order chi connectivity index (χ0) is 59.2. The van der Waals surface area contributed by atoms with Gasteiger partial charge in [-0.2, -0.15) is 0 Å². The lowest BCUT2D eigenvalue weighted by Crippen LogP contribution is -2.64. The van der Waals surface area contributed by atoms with Crippen molar-refractivity contribution < 1.29 is 27.8 Å². The van der Waals surface area contributed by atoms with E-state index in [4.69, 9.17) is 52.8 Å². The van der Waals surface area contributed by atoms with E-state index in [9.17, 15) is 0 Å². The highest BCUT2D eigenvalue weighted by atomic mass is 28.4. The van der Waals surface area contributed by atoms with Crippen molar-refractivity contribution in [3.63, 3.8) is 0 Å². The lowest BCUT2D eigenvalue weighted by atomic mass is 9.98. The monoisotopic (exact) mass is 1180 g/mol. The molecule has 1 N–H and O–H groups in total. The molecule has 6 bridgehead atoms. The minimum atomic E-state index is -4.54. The third kappa shape index (κ3) is 9.55. The fourth-order valence-corrected chi connectivity index (χ4v) is 16.2. The highest BCUT2D eigenvalue weighted by Crippen LogP contribution is 2.52. The van der Waals surface area contributed by atoms with Crippen LogP contribution in [0.1, 0.15) is 147 Å². The van der Waals surface area contributed by atoms with E-state index in [0.717, 1.165) is 181 Å². The number of nitrogens with one attached hydrogen (secondary N) is 1. The SMILES string of the molecule is CCCCOc1c2c(cc3ccccc13)C1=NC2=Nc2c3cc4ccccc4c(OCCCC)c3c3n2[Si](OCCCC)(OCCCC)n2c(c4cc5ccccc5c(OCCCC)c4c2=N1)=NC1=N[C@@H](N3)c2cc3ccccc3c(OCCCC)c21. The molecule has 0 amide bonds. The molecular formula is C72H76N8O6Si. The summed E-state index contributed by atoms with van der Waals surface area (Å²) in [6, 6.07) is 42.9. The lowest BCUT2D eigenvalue weighted by Gasteiger charge is -2.34. The van der Waals surface area contributed by atoms with E-state index in [1.165, 1.54) is 0 Å². The number of nitrogens with zero attached hydrogens (tertiary/aromatic N) is 7. The number of ether oxygens (including phenoxy) is 4. The van der Waals surface area contributed by atoms with Crippen LogP contribution in [-0.2, 0) is 8.85 Å². The minimum absolute atomic E-state index is 0.350. The molecule has 4 aliphatic heterocycles. The van der Waals surface area contributed by atoms with Crippen molar-refractivity contribution in [2.45, 2.75) is 125 Å². The first-order valence-corrected chi connectivity index (χ1v) is 33.7. The van der Waals surface area contributed by atoms with Crippen LogP contribution in [0.5, 0.6) is 23.0 Å². The molecule has 0 saturated carbocycles. The summed E-state index contributed by atoms with van der Waals surface area (Å²) in [5, 5.41) is 15.4. The van der Waals surface area contributed by atoms with Crippen molar-refractivity contribution in [3.8, 4) is 23.0 Å². The van der Waals surface area contributed by atoms with Crippen LogP contribution in [0, 0.1) is 0 Å². The summed E-state index contributed by atoms with van der Waals surface area (Å²) in [5.74, 6) is 5.64. The normalized spacial score (nSPS) is 15.2. The topological polar surface area (TPSA) is 139 Å². The van der Waals surface area contributed by atoms with Gasteiger partial charge in [0.2, 0.25) is 0 Å². The van der Waals surface area contributed by atoms with Gasteiger partial charge in [-0.3, -0.25) is 8.47 Å². The second-order valence-corrected chi connectivity index (χ2v) is 25.9. The predicted octanol–water partition coefficient (Wildman–Crippen LogP) is 16.4. The van der Waals surface area contributed by atoms with E-state index in [-0.39, 0.29) is 0 Å². The zero-order valence-corrected chi connectivity index (χ0v) is 51.9. The Morgan fingerprint density at radius 2 is 0.874 bits per heavy atom. The van der Waals surface area contributed by atoms with Crippen LogP contribution in [0.4, 0.5) is 11.6 Å². The fraction of sp³-hybridized carbons (Fsp3) is 0.347. The second kappa shape index (κ2) is 24.1. The summed E-state index contributed by atoms with van der Waals surface area (Å²) in [6.07, 6.45) is 9.84. The van der Waals surface area contributed by atoms with E-state index >= 15 is 0 Å². The molecule has 2 aromatic heterocycles. The number of benzene rings is 8. The van der Waals surface area contributed by atoms with Gasteiger partial charge in [0.25, 0.3) is 0 Å². The van der Waals surface area contributed by atoms with Gasteiger partial charge < -0.3 is 33.1 Å². The first-order valence-electron chi connectivity index (χ1n) is 32.0. The highest BCUT2D eigenvalue weighted by molar-refractivity contribution is 6.66. The molecule has 444 valence electrons. The number of unbranched alkanes of at least 4 members (excludes halogenated alkanes) is 6. The smallest absolute Gasteiger partial charge is 0.492 e. The first kappa shape index (κ1) is 56.4. The molecular weight excluding hydrogens is 1100 g/mol. The predicted molar refractivity (Wildman–Crippen MR) is 355 cm³/mol. The van der Waals surface area contributed by atoms with Crippen molar-refractivity contribution in [3.05, 3.63) is 155 Å². The number of hydrogen-bond acceptors (Lipinski definition) is 12. The van der Waals surface area contributed by atoms with Gasteiger partial charge in [-0.15, -0.1) is 0 Å². The zero-order valence-electron chi connectivity index (χ0n) is 50.9. The molecule has 15 heteroatoms. The van der Waals surface area contributed by atoms with Crippen LogP contribution in [0.2, 0.25) is 0 Å². The summed E-state index contributed by atoms with van der Waals surface area (Å²) in [4.78, 5) is 29.6. The van der Waals surface area contributed by atoms with Crippen LogP contribution >= 0.6 is 0 Å². The Balaban J connectivity index is 1.26. The van der Waals surface area contributed by atoms with Crippen LogP contribution in [-0.4, -0.2) is 74.5 Å². The number of amidine groups is 3. The van der Waals surface area contributed by atoms with E-state index < -0.39 is 15.0 Å². The van der Waals surface area contributed by atoms with Gasteiger partial charge in [0.15, 0.2) is 17.5 Å². The van der Waals surface area contributed by atoms with Gasteiger partial charge in [0.05, 0.1) is 48.3 Å². The Morgan fingerprint density at radius 1 is 0.414 bits per heavy atom. The molecule has 87 heavy (non-hydrogen) atoms. The van der Waals surface area contributed by atoms with Crippen LogP contribution in [0.3, 0.4) is 0 Å². The van der Waals surface area contributed by atoms with Gasteiger partial charge in [-0.05, 0) is 84.3 Å². The maximum atomic E-state index is 8.07. The van der Waals surface area contributed by atoms with Crippen molar-refractivity contribution in [2.75, 3.05) is 45.0 Å². The largest absolute Gasteiger partial charge is 0.603 e. The Hall–Kier alpha value is -8.37. The van der Waals surface area contributed by atoms with Crippen molar-refractivity contribution in [2.24, 2.45) is 25.0 Å². The van der Waals surface area contributed by atoms with Crippen LogP contribution in [0.15, 0.2) is 146 Å². The summed E-state index contributed by atoms with van der Waals surface area (Å²) in [7, 11) is -4.54. The average Bonchev–Trinajstić information content (AvgIpc) is 1.56. The summed E-state index contributed by atoms with van der Waals surface area (Å²) < 4.78 is 49.4. The molecule has 0 unspecified atom stereocenters. The molecule has 0 fully saturated rings. The van der Waals surface area contributed by atoms with E-state index in [1.807, 2.05) is 0 Å². The molecule has 1 atom stereocenters. The van der Waals surface area contributed by atoms with Gasteiger partial charge in [0.1, 0.15) is 51.8 Å². The molecule has 6 heterocycles. The Kier molecular flexibility index (Phi) is 15.6. The number of anilines is 1. The molecule has 14 rings (SSSR count). The van der Waals surface area contributed by atoms with E-state index in [0.29, 0.717) is 85.5 Å². The van der Waals surface area contributed by atoms with Crippen LogP contribution in [0.25, 0.3) is 64.6 Å². The quantitative estimate of drug-likeness (QED) is 0.0469. The van der Waals surface area contributed by atoms with Gasteiger partial charge >= 0.3 is 8.88 Å². The molecule has 0 spiro atoms. The molecule has 0 radical (unpaired) electrons. The Morgan fingerprint density at radius 3 is 1.44 bits per heavy atom. The van der Waals surface area contributed by atoms with Gasteiger partial charge in [-0.1, -0.05) is 177 Å². The first-order chi connectivity index (χ1) is 42.9. The van der Waals surface area contributed by atoms with Crippen molar-refractivity contribution in [1.29, 1.82) is 0 Å². The second-order valence-electron chi connectivity index (χ2n) is 23.3. The Bertz CT molecular complexity index is 4570. The van der Waals surface area contributed by atoms with E-state index in [2.05, 4.69) is 177 Å². The van der Waals surface area contributed by atoms with Crippen molar-refractivity contribution >= 4 is 103 Å². The summed E-state index contributed by atoms with van der Waals surface area (Å²) in [5.41, 5.74) is 4.45. The molecule has 8 aromatic carbocycles.